The normalized spacial score (nSPS) is 19.7. The summed E-state index contributed by atoms with van der Waals surface area (Å²) in [5, 5.41) is 3.82. The minimum absolute atomic E-state index is 0.202. The van der Waals surface area contributed by atoms with Gasteiger partial charge in [0.2, 0.25) is 0 Å². The average molecular weight is 316 g/mol. The van der Waals surface area contributed by atoms with Crippen molar-refractivity contribution < 1.29 is 18.3 Å². The summed E-state index contributed by atoms with van der Waals surface area (Å²) in [5.41, 5.74) is 2.35. The second-order valence-electron chi connectivity index (χ2n) is 5.60. The third-order valence-corrected chi connectivity index (χ3v) is 3.69. The Kier molecular flexibility index (Phi) is 4.41. The van der Waals surface area contributed by atoms with Crippen molar-refractivity contribution in [1.29, 1.82) is 0 Å². The van der Waals surface area contributed by atoms with E-state index >= 15 is 0 Å². The van der Waals surface area contributed by atoms with Gasteiger partial charge in [-0.05, 0) is 48.7 Å². The molecule has 120 valence electrons. The maximum Gasteiger partial charge on any atom is 0.277 e. The van der Waals surface area contributed by atoms with E-state index in [0.717, 1.165) is 12.2 Å². The van der Waals surface area contributed by atoms with E-state index < -0.39 is 5.91 Å². The molecule has 0 unspecified atom stereocenters. The number of hydrogen-bond acceptors (Lipinski definition) is 4. The van der Waals surface area contributed by atoms with Gasteiger partial charge >= 0.3 is 0 Å². The smallest absolute Gasteiger partial charge is 0.277 e. The van der Waals surface area contributed by atoms with E-state index in [1.807, 2.05) is 12.1 Å². The number of halogens is 1. The lowest BCUT2D eigenvalue weighted by atomic mass is 10.3. The van der Waals surface area contributed by atoms with Gasteiger partial charge in [0.25, 0.3) is 5.91 Å². The fourth-order valence-corrected chi connectivity index (χ4v) is 2.24. The summed E-state index contributed by atoms with van der Waals surface area (Å²) in [6.45, 7) is 1.98. The number of rotatable bonds is 6. The van der Waals surface area contributed by atoms with Gasteiger partial charge in [0.15, 0.2) is 6.61 Å². The van der Waals surface area contributed by atoms with Gasteiger partial charge in [-0.2, -0.15) is 5.10 Å². The molecule has 5 nitrogen and oxygen atoms in total. The summed E-state index contributed by atoms with van der Waals surface area (Å²) in [5.74, 6) is 2.40. The van der Waals surface area contributed by atoms with E-state index in [1.165, 1.54) is 30.5 Å². The van der Waals surface area contributed by atoms with Gasteiger partial charge in [-0.25, -0.2) is 9.82 Å². The van der Waals surface area contributed by atoms with Crippen molar-refractivity contribution >= 4 is 12.1 Å². The average Bonchev–Trinajstić information content (AvgIpc) is 3.08. The van der Waals surface area contributed by atoms with Crippen LogP contribution in [0.4, 0.5) is 4.39 Å². The first-order chi connectivity index (χ1) is 11.1. The highest BCUT2D eigenvalue weighted by Crippen LogP contribution is 2.47. The number of amides is 1. The maximum absolute atomic E-state index is 12.7. The lowest BCUT2D eigenvalue weighted by Gasteiger charge is -2.04. The van der Waals surface area contributed by atoms with Gasteiger partial charge in [0.1, 0.15) is 23.1 Å². The summed E-state index contributed by atoms with van der Waals surface area (Å²) >= 11 is 0. The lowest BCUT2D eigenvalue weighted by Crippen LogP contribution is -2.24. The molecule has 3 rings (SSSR count). The second-order valence-corrected chi connectivity index (χ2v) is 5.60. The Morgan fingerprint density at radius 2 is 2.13 bits per heavy atom. The van der Waals surface area contributed by atoms with Crippen molar-refractivity contribution in [2.75, 3.05) is 6.61 Å². The van der Waals surface area contributed by atoms with Gasteiger partial charge in [-0.1, -0.05) is 6.92 Å². The highest BCUT2D eigenvalue weighted by atomic mass is 19.1. The fraction of sp³-hybridized carbons (Fsp3) is 0.294. The third kappa shape index (κ3) is 4.18. The van der Waals surface area contributed by atoms with Crippen molar-refractivity contribution in [2.24, 2.45) is 11.0 Å². The van der Waals surface area contributed by atoms with E-state index in [-0.39, 0.29) is 12.4 Å². The first-order valence-electron chi connectivity index (χ1n) is 7.42. The molecule has 2 aromatic rings. The Balaban J connectivity index is 1.43. The largest absolute Gasteiger partial charge is 0.484 e. The highest BCUT2D eigenvalue weighted by molar-refractivity contribution is 5.81. The summed E-state index contributed by atoms with van der Waals surface area (Å²) in [4.78, 5) is 11.6. The van der Waals surface area contributed by atoms with Crippen LogP contribution in [0.15, 0.2) is 45.9 Å². The molecule has 23 heavy (non-hydrogen) atoms. The predicted molar refractivity (Wildman–Crippen MR) is 82.9 cm³/mol. The molecule has 1 fully saturated rings. The molecule has 2 atom stereocenters. The molecule has 1 N–H and O–H groups in total. The summed E-state index contributed by atoms with van der Waals surface area (Å²) < 4.78 is 23.6. The van der Waals surface area contributed by atoms with Gasteiger partial charge in [-0.15, -0.1) is 0 Å². The van der Waals surface area contributed by atoms with Gasteiger partial charge < -0.3 is 9.15 Å². The van der Waals surface area contributed by atoms with Crippen LogP contribution in [-0.2, 0) is 4.79 Å². The monoisotopic (exact) mass is 316 g/mol. The zero-order chi connectivity index (χ0) is 16.2. The summed E-state index contributed by atoms with van der Waals surface area (Å²) in [6, 6.07) is 9.20. The van der Waals surface area contributed by atoms with Crippen LogP contribution in [0.25, 0.3) is 0 Å². The van der Waals surface area contributed by atoms with E-state index in [4.69, 9.17) is 9.15 Å². The summed E-state index contributed by atoms with van der Waals surface area (Å²) in [6.07, 6.45) is 2.61. The predicted octanol–water partition coefficient (Wildman–Crippen LogP) is 3.07. The number of carbonyl (C=O) groups excluding carboxylic acids is 1. The Morgan fingerprint density at radius 3 is 2.83 bits per heavy atom. The number of ether oxygens (including phenoxy) is 1. The Hall–Kier alpha value is -2.63. The molecule has 1 aromatic heterocycles. The van der Waals surface area contributed by atoms with E-state index in [1.54, 1.807) is 0 Å². The number of hydrazone groups is 1. The van der Waals surface area contributed by atoms with Crippen LogP contribution in [0, 0.1) is 11.7 Å². The van der Waals surface area contributed by atoms with Crippen molar-refractivity contribution in [3.8, 4) is 5.75 Å². The highest BCUT2D eigenvalue weighted by Gasteiger charge is 2.36. The molecular formula is C17H17FN2O3. The number of benzene rings is 1. The van der Waals surface area contributed by atoms with Crippen molar-refractivity contribution in [1.82, 2.24) is 5.43 Å². The molecule has 1 aliphatic carbocycles. The Labute approximate surface area is 133 Å². The van der Waals surface area contributed by atoms with Crippen molar-refractivity contribution in [2.45, 2.75) is 19.3 Å². The van der Waals surface area contributed by atoms with Gasteiger partial charge in [-0.3, -0.25) is 4.79 Å². The van der Waals surface area contributed by atoms with Crippen molar-refractivity contribution in [3.63, 3.8) is 0 Å². The second kappa shape index (κ2) is 6.64. The zero-order valence-electron chi connectivity index (χ0n) is 12.7. The van der Waals surface area contributed by atoms with Crippen LogP contribution < -0.4 is 10.2 Å². The van der Waals surface area contributed by atoms with E-state index in [2.05, 4.69) is 17.5 Å². The molecule has 0 bridgehead atoms. The van der Waals surface area contributed by atoms with E-state index in [0.29, 0.717) is 23.3 Å². The first kappa shape index (κ1) is 15.3. The van der Waals surface area contributed by atoms with Crippen molar-refractivity contribution in [3.05, 3.63) is 53.7 Å². The van der Waals surface area contributed by atoms with Crippen LogP contribution in [0.5, 0.6) is 5.75 Å². The van der Waals surface area contributed by atoms with Gasteiger partial charge in [0.05, 0.1) is 6.21 Å². The quantitative estimate of drug-likeness (QED) is 0.658. The molecule has 0 saturated heterocycles. The fourth-order valence-electron chi connectivity index (χ4n) is 2.24. The summed E-state index contributed by atoms with van der Waals surface area (Å²) in [7, 11) is 0. The molecule has 1 aromatic carbocycles. The maximum atomic E-state index is 12.7. The number of carbonyl (C=O) groups is 1. The van der Waals surface area contributed by atoms with E-state index in [9.17, 15) is 9.18 Å². The Morgan fingerprint density at radius 1 is 1.39 bits per heavy atom. The van der Waals surface area contributed by atoms with Crippen LogP contribution in [0.1, 0.15) is 30.8 Å². The Bertz CT molecular complexity index is 709. The molecule has 0 radical (unpaired) electrons. The van der Waals surface area contributed by atoms with Gasteiger partial charge in [0, 0.05) is 5.92 Å². The number of nitrogens with one attached hydrogen (secondary N) is 1. The molecule has 1 saturated carbocycles. The van der Waals surface area contributed by atoms with Crippen LogP contribution >= 0.6 is 0 Å². The topological polar surface area (TPSA) is 63.8 Å². The molecule has 0 aliphatic heterocycles. The molecule has 0 spiro atoms. The van der Waals surface area contributed by atoms with Crippen LogP contribution in [-0.4, -0.2) is 18.7 Å². The number of nitrogens with zero attached hydrogens (tertiary/aromatic N) is 1. The molecule has 1 amide bonds. The molecule has 1 heterocycles. The standard InChI is InChI=1S/C17H17FN2O3/c1-11-8-15(11)16-7-6-14(23-16)9-19-20-17(21)10-22-13-4-2-12(18)3-5-13/h2-7,9,11,15H,8,10H2,1H3,(H,20,21)/b19-9-/t11-,15+/m0/s1. The lowest BCUT2D eigenvalue weighted by molar-refractivity contribution is -0.123. The minimum Gasteiger partial charge on any atom is -0.484 e. The number of hydrogen-bond donors (Lipinski definition) is 1. The molecule has 1 aliphatic rings. The number of furan rings is 1. The van der Waals surface area contributed by atoms with Crippen LogP contribution in [0.2, 0.25) is 0 Å². The van der Waals surface area contributed by atoms with Crippen LogP contribution in [0.3, 0.4) is 0 Å². The third-order valence-electron chi connectivity index (χ3n) is 3.69. The SMILES string of the molecule is C[C@H]1C[C@H]1c1ccc(/C=N\NC(=O)COc2ccc(F)cc2)o1. The molecular weight excluding hydrogens is 299 g/mol. The molecule has 6 heteroatoms. The zero-order valence-corrected chi connectivity index (χ0v) is 12.7. The minimum atomic E-state index is -0.409. The first-order valence-corrected chi connectivity index (χ1v) is 7.42.